The molecule has 1 aliphatic heterocycles. The van der Waals surface area contributed by atoms with Gasteiger partial charge >= 0.3 is 0 Å². The lowest BCUT2D eigenvalue weighted by Gasteiger charge is -2.31. The van der Waals surface area contributed by atoms with Gasteiger partial charge in [0.15, 0.2) is 0 Å². The molecule has 29 heavy (non-hydrogen) atoms. The van der Waals surface area contributed by atoms with Gasteiger partial charge in [0.25, 0.3) is 0 Å². The standard InChI is InChI=1S/C24H30N2O3/c1-2-3-9-23(27)26-16-14-20(15-17-26)24(28)25-21-10-12-22(13-11-21)29-18-19-7-5-4-6-8-19/h4-8,10-13,20H,2-3,9,14-18H2,1H3,(H,25,28). The van der Waals surface area contributed by atoms with Crippen LogP contribution in [0.1, 0.15) is 44.6 Å². The van der Waals surface area contributed by atoms with Crippen LogP contribution in [-0.2, 0) is 16.2 Å². The van der Waals surface area contributed by atoms with Crippen LogP contribution >= 0.6 is 0 Å². The molecule has 0 aromatic heterocycles. The average molecular weight is 395 g/mol. The maximum absolute atomic E-state index is 12.6. The summed E-state index contributed by atoms with van der Waals surface area (Å²) in [6.07, 6.45) is 4.03. The quantitative estimate of drug-likeness (QED) is 0.710. The van der Waals surface area contributed by atoms with Crippen molar-refractivity contribution >= 4 is 17.5 Å². The first-order valence-electron chi connectivity index (χ1n) is 10.5. The van der Waals surface area contributed by atoms with Crippen molar-refractivity contribution in [3.05, 3.63) is 60.2 Å². The third-order valence-electron chi connectivity index (χ3n) is 5.33. The molecule has 0 bridgehead atoms. The highest BCUT2D eigenvalue weighted by Crippen LogP contribution is 2.22. The topological polar surface area (TPSA) is 58.6 Å². The number of carbonyl (C=O) groups is 2. The van der Waals surface area contributed by atoms with Gasteiger partial charge in [-0.25, -0.2) is 0 Å². The number of hydrogen-bond acceptors (Lipinski definition) is 3. The van der Waals surface area contributed by atoms with Gasteiger partial charge in [0.2, 0.25) is 11.8 Å². The van der Waals surface area contributed by atoms with Crippen LogP contribution < -0.4 is 10.1 Å². The van der Waals surface area contributed by atoms with Crippen molar-refractivity contribution in [1.29, 1.82) is 0 Å². The Balaban J connectivity index is 1.43. The van der Waals surface area contributed by atoms with Crippen molar-refractivity contribution in [3.63, 3.8) is 0 Å². The van der Waals surface area contributed by atoms with E-state index in [9.17, 15) is 9.59 Å². The van der Waals surface area contributed by atoms with Crippen LogP contribution in [0, 0.1) is 5.92 Å². The second kappa shape index (κ2) is 10.6. The number of hydrogen-bond donors (Lipinski definition) is 1. The minimum Gasteiger partial charge on any atom is -0.489 e. The number of benzene rings is 2. The first-order chi connectivity index (χ1) is 14.2. The maximum atomic E-state index is 12.6. The zero-order valence-corrected chi connectivity index (χ0v) is 17.1. The number of piperidine rings is 1. The third-order valence-corrected chi connectivity index (χ3v) is 5.33. The van der Waals surface area contributed by atoms with Crippen LogP contribution in [0.2, 0.25) is 0 Å². The fourth-order valence-corrected chi connectivity index (χ4v) is 3.50. The summed E-state index contributed by atoms with van der Waals surface area (Å²) in [6, 6.07) is 17.5. The monoisotopic (exact) mass is 394 g/mol. The summed E-state index contributed by atoms with van der Waals surface area (Å²) < 4.78 is 5.78. The van der Waals surface area contributed by atoms with E-state index in [-0.39, 0.29) is 17.7 Å². The van der Waals surface area contributed by atoms with E-state index in [1.165, 1.54) is 0 Å². The second-order valence-electron chi connectivity index (χ2n) is 7.55. The van der Waals surface area contributed by atoms with Gasteiger partial charge < -0.3 is 15.0 Å². The van der Waals surface area contributed by atoms with Gasteiger partial charge in [-0.15, -0.1) is 0 Å². The molecule has 1 heterocycles. The number of nitrogens with zero attached hydrogens (tertiary/aromatic N) is 1. The molecule has 0 radical (unpaired) electrons. The zero-order valence-electron chi connectivity index (χ0n) is 17.1. The molecule has 3 rings (SSSR count). The van der Waals surface area contributed by atoms with E-state index in [2.05, 4.69) is 12.2 Å². The Kier molecular flexibility index (Phi) is 7.68. The molecule has 1 N–H and O–H groups in total. The molecule has 0 spiro atoms. The first kappa shape index (κ1) is 20.9. The number of carbonyl (C=O) groups excluding carboxylic acids is 2. The number of ether oxygens (including phenoxy) is 1. The van der Waals surface area contributed by atoms with Gasteiger partial charge in [0.1, 0.15) is 12.4 Å². The number of unbranched alkanes of at least 4 members (excludes halogenated alkanes) is 1. The third kappa shape index (κ3) is 6.34. The predicted molar refractivity (Wildman–Crippen MR) is 115 cm³/mol. The molecule has 0 aliphatic carbocycles. The minimum absolute atomic E-state index is 0.0311. The first-order valence-corrected chi connectivity index (χ1v) is 10.5. The SMILES string of the molecule is CCCCC(=O)N1CCC(C(=O)Nc2ccc(OCc3ccccc3)cc2)CC1. The van der Waals surface area contributed by atoms with Gasteiger partial charge in [0, 0.05) is 31.1 Å². The zero-order chi connectivity index (χ0) is 20.5. The summed E-state index contributed by atoms with van der Waals surface area (Å²) in [6.45, 7) is 3.95. The van der Waals surface area contributed by atoms with Gasteiger partial charge in [0.05, 0.1) is 0 Å². The Morgan fingerprint density at radius 2 is 1.72 bits per heavy atom. The Morgan fingerprint density at radius 3 is 2.38 bits per heavy atom. The Hall–Kier alpha value is -2.82. The van der Waals surface area contributed by atoms with Crippen LogP contribution in [0.3, 0.4) is 0 Å². The molecular weight excluding hydrogens is 364 g/mol. The highest BCUT2D eigenvalue weighted by molar-refractivity contribution is 5.92. The summed E-state index contributed by atoms with van der Waals surface area (Å²) >= 11 is 0. The van der Waals surface area contributed by atoms with Crippen LogP contribution in [0.4, 0.5) is 5.69 Å². The van der Waals surface area contributed by atoms with Crippen molar-refractivity contribution in [2.75, 3.05) is 18.4 Å². The van der Waals surface area contributed by atoms with Crippen LogP contribution in [0.15, 0.2) is 54.6 Å². The van der Waals surface area contributed by atoms with E-state index in [1.807, 2.05) is 59.5 Å². The molecule has 0 saturated carbocycles. The summed E-state index contributed by atoms with van der Waals surface area (Å²) in [5.74, 6) is 0.977. The fourth-order valence-electron chi connectivity index (χ4n) is 3.50. The molecule has 1 saturated heterocycles. The van der Waals surface area contributed by atoms with Crippen LogP contribution in [0.5, 0.6) is 5.75 Å². The Bertz CT molecular complexity index is 782. The summed E-state index contributed by atoms with van der Waals surface area (Å²) in [7, 11) is 0. The summed E-state index contributed by atoms with van der Waals surface area (Å²) in [5, 5.41) is 2.99. The molecule has 1 aliphatic rings. The fraction of sp³-hybridized carbons (Fsp3) is 0.417. The summed E-state index contributed by atoms with van der Waals surface area (Å²) in [5.41, 5.74) is 1.88. The number of rotatable bonds is 8. The van der Waals surface area contributed by atoms with E-state index in [0.29, 0.717) is 26.1 Å². The second-order valence-corrected chi connectivity index (χ2v) is 7.55. The summed E-state index contributed by atoms with van der Waals surface area (Å²) in [4.78, 5) is 26.6. The molecule has 154 valence electrons. The van der Waals surface area contributed by atoms with E-state index in [0.717, 1.165) is 42.7 Å². The minimum atomic E-state index is -0.0424. The largest absolute Gasteiger partial charge is 0.489 e. The smallest absolute Gasteiger partial charge is 0.227 e. The number of likely N-dealkylation sites (tertiary alicyclic amines) is 1. The molecular formula is C24H30N2O3. The highest BCUT2D eigenvalue weighted by atomic mass is 16.5. The number of amides is 2. The molecule has 0 unspecified atom stereocenters. The number of anilines is 1. The van der Waals surface area contributed by atoms with Crippen molar-refractivity contribution in [2.45, 2.75) is 45.6 Å². The van der Waals surface area contributed by atoms with Crippen molar-refractivity contribution < 1.29 is 14.3 Å². The lowest BCUT2D eigenvalue weighted by molar-refractivity contribution is -0.134. The van der Waals surface area contributed by atoms with Crippen molar-refractivity contribution in [2.24, 2.45) is 5.92 Å². The normalized spacial score (nSPS) is 14.4. The van der Waals surface area contributed by atoms with E-state index in [1.54, 1.807) is 0 Å². The lowest BCUT2D eigenvalue weighted by Crippen LogP contribution is -2.41. The highest BCUT2D eigenvalue weighted by Gasteiger charge is 2.27. The predicted octanol–water partition coefficient (Wildman–Crippen LogP) is 4.63. The van der Waals surface area contributed by atoms with Gasteiger partial charge in [-0.1, -0.05) is 43.7 Å². The Morgan fingerprint density at radius 1 is 1.03 bits per heavy atom. The van der Waals surface area contributed by atoms with Gasteiger partial charge in [-0.2, -0.15) is 0 Å². The van der Waals surface area contributed by atoms with Crippen molar-refractivity contribution in [1.82, 2.24) is 4.90 Å². The maximum Gasteiger partial charge on any atom is 0.227 e. The Labute approximate surface area is 173 Å². The molecule has 2 amide bonds. The van der Waals surface area contributed by atoms with E-state index < -0.39 is 0 Å². The molecule has 0 atom stereocenters. The molecule has 5 heteroatoms. The van der Waals surface area contributed by atoms with E-state index in [4.69, 9.17) is 4.74 Å². The molecule has 2 aromatic carbocycles. The van der Waals surface area contributed by atoms with Crippen LogP contribution in [-0.4, -0.2) is 29.8 Å². The number of nitrogens with one attached hydrogen (secondary N) is 1. The lowest BCUT2D eigenvalue weighted by atomic mass is 9.95. The van der Waals surface area contributed by atoms with Crippen molar-refractivity contribution in [3.8, 4) is 5.75 Å². The van der Waals surface area contributed by atoms with Crippen LogP contribution in [0.25, 0.3) is 0 Å². The van der Waals surface area contributed by atoms with Gasteiger partial charge in [-0.3, -0.25) is 9.59 Å². The molecule has 1 fully saturated rings. The van der Waals surface area contributed by atoms with E-state index >= 15 is 0 Å². The average Bonchev–Trinajstić information content (AvgIpc) is 2.77. The molecule has 5 nitrogen and oxygen atoms in total. The van der Waals surface area contributed by atoms with Gasteiger partial charge in [-0.05, 0) is 49.1 Å². The molecule has 2 aromatic rings.